The van der Waals surface area contributed by atoms with Gasteiger partial charge in [-0.05, 0) is 43.5 Å². The van der Waals surface area contributed by atoms with Crippen LogP contribution in [0.4, 0.5) is 0 Å². The van der Waals surface area contributed by atoms with Gasteiger partial charge in [0.2, 0.25) is 0 Å². The highest BCUT2D eigenvalue weighted by atomic mass is 15.1. The Morgan fingerprint density at radius 2 is 2.38 bits per heavy atom. The number of likely N-dealkylation sites (tertiary alicyclic amines) is 1. The molecule has 0 aliphatic carbocycles. The molecule has 1 aromatic rings. The first kappa shape index (κ1) is 11.2. The van der Waals surface area contributed by atoms with Crippen LogP contribution in [-0.4, -0.2) is 25.0 Å². The van der Waals surface area contributed by atoms with E-state index in [1.165, 1.54) is 30.6 Å². The first-order chi connectivity index (χ1) is 7.79. The average Bonchev–Trinajstić information content (AvgIpc) is 2.74. The van der Waals surface area contributed by atoms with Crippen LogP contribution in [0.2, 0.25) is 0 Å². The second-order valence-electron chi connectivity index (χ2n) is 4.65. The minimum absolute atomic E-state index is 0.619. The highest BCUT2D eigenvalue weighted by Gasteiger charge is 2.20. The summed E-state index contributed by atoms with van der Waals surface area (Å²) in [4.78, 5) is 2.38. The van der Waals surface area contributed by atoms with Gasteiger partial charge in [-0.2, -0.15) is 5.26 Å². The van der Waals surface area contributed by atoms with E-state index in [4.69, 9.17) is 5.26 Å². The lowest BCUT2D eigenvalue weighted by Gasteiger charge is -2.11. The number of nitrogens with zero attached hydrogens (tertiary/aromatic N) is 2. The molecule has 2 nitrogen and oxygen atoms in total. The van der Waals surface area contributed by atoms with Gasteiger partial charge in [0.05, 0.1) is 6.07 Å². The molecule has 2 rings (SSSR count). The molecule has 2 heteroatoms. The number of rotatable bonds is 3. The zero-order valence-electron chi connectivity index (χ0n) is 9.82. The molecule has 0 saturated carbocycles. The molecular formula is C14H18N2. The van der Waals surface area contributed by atoms with Gasteiger partial charge in [-0.3, -0.25) is 0 Å². The maximum absolute atomic E-state index is 8.59. The first-order valence-corrected chi connectivity index (χ1v) is 5.94. The number of nitriles is 1. The van der Waals surface area contributed by atoms with Crippen LogP contribution in [0.15, 0.2) is 24.3 Å². The minimum Gasteiger partial charge on any atom is -0.306 e. The van der Waals surface area contributed by atoms with E-state index in [0.29, 0.717) is 12.3 Å². The summed E-state index contributed by atoms with van der Waals surface area (Å²) in [5.41, 5.74) is 2.74. The molecule has 1 aromatic carbocycles. The fraction of sp³-hybridized carbons (Fsp3) is 0.500. The third-order valence-electron chi connectivity index (χ3n) is 3.34. The van der Waals surface area contributed by atoms with Gasteiger partial charge in [0, 0.05) is 13.0 Å². The topological polar surface area (TPSA) is 27.0 Å². The molecule has 0 aromatic heterocycles. The SMILES string of the molecule is CN1CCC(c2cccc(CCC#N)c2)C1. The molecule has 1 fully saturated rings. The van der Waals surface area contributed by atoms with Crippen molar-refractivity contribution in [2.45, 2.75) is 25.2 Å². The third-order valence-corrected chi connectivity index (χ3v) is 3.34. The van der Waals surface area contributed by atoms with Crippen LogP contribution in [0.5, 0.6) is 0 Å². The van der Waals surface area contributed by atoms with Crippen LogP contribution in [0, 0.1) is 11.3 Å². The maximum Gasteiger partial charge on any atom is 0.0625 e. The smallest absolute Gasteiger partial charge is 0.0625 e. The summed E-state index contributed by atoms with van der Waals surface area (Å²) in [6.45, 7) is 2.37. The van der Waals surface area contributed by atoms with Crippen molar-refractivity contribution in [3.63, 3.8) is 0 Å². The van der Waals surface area contributed by atoms with Crippen molar-refractivity contribution in [3.8, 4) is 6.07 Å². The van der Waals surface area contributed by atoms with Crippen molar-refractivity contribution in [1.82, 2.24) is 4.90 Å². The maximum atomic E-state index is 8.59. The predicted octanol–water partition coefficient (Wildman–Crippen LogP) is 2.56. The average molecular weight is 214 g/mol. The molecule has 1 aliphatic heterocycles. The Hall–Kier alpha value is -1.33. The van der Waals surface area contributed by atoms with Crippen molar-refractivity contribution in [3.05, 3.63) is 35.4 Å². The monoisotopic (exact) mass is 214 g/mol. The molecule has 1 aliphatic rings. The number of benzene rings is 1. The standard InChI is InChI=1S/C14H18N2/c1-16-9-7-14(11-16)13-6-2-4-12(10-13)5-3-8-15/h2,4,6,10,14H,3,5,7,9,11H2,1H3. The van der Waals surface area contributed by atoms with Crippen molar-refractivity contribution >= 4 is 0 Å². The van der Waals surface area contributed by atoms with Crippen molar-refractivity contribution in [2.24, 2.45) is 0 Å². The second-order valence-corrected chi connectivity index (χ2v) is 4.65. The van der Waals surface area contributed by atoms with E-state index in [2.05, 4.69) is 42.3 Å². The lowest BCUT2D eigenvalue weighted by atomic mass is 9.95. The number of aryl methyl sites for hydroxylation is 1. The Labute approximate surface area is 97.5 Å². The van der Waals surface area contributed by atoms with Gasteiger partial charge in [0.1, 0.15) is 0 Å². The molecule has 1 heterocycles. The van der Waals surface area contributed by atoms with E-state index < -0.39 is 0 Å². The number of hydrogen-bond acceptors (Lipinski definition) is 2. The van der Waals surface area contributed by atoms with Crippen molar-refractivity contribution in [2.75, 3.05) is 20.1 Å². The summed E-state index contributed by atoms with van der Waals surface area (Å²) >= 11 is 0. The zero-order valence-corrected chi connectivity index (χ0v) is 9.82. The van der Waals surface area contributed by atoms with Gasteiger partial charge in [0.15, 0.2) is 0 Å². The molecule has 0 spiro atoms. The summed E-state index contributed by atoms with van der Waals surface area (Å²) in [7, 11) is 2.18. The van der Waals surface area contributed by atoms with E-state index in [1.54, 1.807) is 0 Å². The van der Waals surface area contributed by atoms with Crippen LogP contribution in [0.1, 0.15) is 29.9 Å². The molecule has 1 saturated heterocycles. The third kappa shape index (κ3) is 2.62. The zero-order chi connectivity index (χ0) is 11.4. The lowest BCUT2D eigenvalue weighted by Crippen LogP contribution is -2.13. The Kier molecular flexibility index (Phi) is 3.58. The van der Waals surface area contributed by atoms with Crippen LogP contribution < -0.4 is 0 Å². The van der Waals surface area contributed by atoms with Gasteiger partial charge >= 0.3 is 0 Å². The summed E-state index contributed by atoms with van der Waals surface area (Å²) < 4.78 is 0. The van der Waals surface area contributed by atoms with Crippen LogP contribution in [-0.2, 0) is 6.42 Å². The van der Waals surface area contributed by atoms with Crippen LogP contribution in [0.25, 0.3) is 0 Å². The molecule has 1 unspecified atom stereocenters. The van der Waals surface area contributed by atoms with E-state index in [0.717, 1.165) is 6.42 Å². The highest BCUT2D eigenvalue weighted by Crippen LogP contribution is 2.26. The van der Waals surface area contributed by atoms with Crippen molar-refractivity contribution < 1.29 is 0 Å². The summed E-state index contributed by atoms with van der Waals surface area (Å²) in [6, 6.07) is 11.0. The fourth-order valence-corrected chi connectivity index (χ4v) is 2.41. The number of likely N-dealkylation sites (N-methyl/N-ethyl adjacent to an activating group) is 1. The Morgan fingerprint density at radius 3 is 3.06 bits per heavy atom. The molecule has 0 bridgehead atoms. The first-order valence-electron chi connectivity index (χ1n) is 5.94. The number of hydrogen-bond donors (Lipinski definition) is 0. The van der Waals surface area contributed by atoms with E-state index >= 15 is 0 Å². The quantitative estimate of drug-likeness (QED) is 0.773. The van der Waals surface area contributed by atoms with Crippen molar-refractivity contribution in [1.29, 1.82) is 5.26 Å². The largest absolute Gasteiger partial charge is 0.306 e. The van der Waals surface area contributed by atoms with E-state index in [-0.39, 0.29) is 0 Å². The van der Waals surface area contributed by atoms with Gasteiger partial charge in [-0.25, -0.2) is 0 Å². The molecule has 84 valence electrons. The predicted molar refractivity (Wildman–Crippen MR) is 65.2 cm³/mol. The molecule has 16 heavy (non-hydrogen) atoms. The Balaban J connectivity index is 2.07. The normalized spacial score (nSPS) is 20.9. The van der Waals surface area contributed by atoms with Gasteiger partial charge in [0.25, 0.3) is 0 Å². The van der Waals surface area contributed by atoms with Crippen LogP contribution >= 0.6 is 0 Å². The molecular weight excluding hydrogens is 196 g/mol. The molecule has 0 N–H and O–H groups in total. The Morgan fingerprint density at radius 1 is 1.50 bits per heavy atom. The Bertz CT molecular complexity index is 392. The molecule has 1 atom stereocenters. The molecule has 0 amide bonds. The lowest BCUT2D eigenvalue weighted by molar-refractivity contribution is 0.411. The summed E-state index contributed by atoms with van der Waals surface area (Å²) in [6.07, 6.45) is 2.76. The molecule has 0 radical (unpaired) electrons. The second kappa shape index (κ2) is 5.14. The van der Waals surface area contributed by atoms with E-state index in [9.17, 15) is 0 Å². The van der Waals surface area contributed by atoms with Gasteiger partial charge < -0.3 is 4.90 Å². The van der Waals surface area contributed by atoms with Gasteiger partial charge in [-0.15, -0.1) is 0 Å². The van der Waals surface area contributed by atoms with E-state index in [1.807, 2.05) is 0 Å². The fourth-order valence-electron chi connectivity index (χ4n) is 2.41. The minimum atomic E-state index is 0.619. The van der Waals surface area contributed by atoms with Crippen LogP contribution in [0.3, 0.4) is 0 Å². The summed E-state index contributed by atoms with van der Waals surface area (Å²) in [5.74, 6) is 0.687. The van der Waals surface area contributed by atoms with Gasteiger partial charge in [-0.1, -0.05) is 24.3 Å². The summed E-state index contributed by atoms with van der Waals surface area (Å²) in [5, 5.41) is 8.59. The highest BCUT2D eigenvalue weighted by molar-refractivity contribution is 5.27.